The normalized spacial score (nSPS) is 19.5. The van der Waals surface area contributed by atoms with Gasteiger partial charge in [0.15, 0.2) is 0 Å². The maximum atomic E-state index is 12.7. The van der Waals surface area contributed by atoms with Crippen molar-refractivity contribution < 1.29 is 4.79 Å². The molecule has 1 aromatic carbocycles. The first-order chi connectivity index (χ1) is 10.1. The van der Waals surface area contributed by atoms with E-state index in [1.54, 1.807) is 0 Å². The average Bonchev–Trinajstić information content (AvgIpc) is 2.51. The number of hydrogen-bond donors (Lipinski definition) is 1. The van der Waals surface area contributed by atoms with Gasteiger partial charge in [0, 0.05) is 24.2 Å². The molecule has 1 aromatic rings. The van der Waals surface area contributed by atoms with Crippen LogP contribution in [-0.4, -0.2) is 19.0 Å². The van der Waals surface area contributed by atoms with Crippen LogP contribution >= 0.6 is 0 Å². The summed E-state index contributed by atoms with van der Waals surface area (Å²) in [6.07, 6.45) is 2.12. The van der Waals surface area contributed by atoms with Crippen LogP contribution < -0.4 is 10.2 Å². The van der Waals surface area contributed by atoms with Crippen LogP contribution in [-0.2, 0) is 4.79 Å². The van der Waals surface area contributed by atoms with Gasteiger partial charge in [0.25, 0.3) is 0 Å². The lowest BCUT2D eigenvalue weighted by molar-refractivity contribution is -0.123. The molecule has 0 aromatic heterocycles. The molecule has 2 atom stereocenters. The molecular formula is C18H28N2O. The molecule has 3 heteroatoms. The van der Waals surface area contributed by atoms with E-state index in [1.807, 2.05) is 17.9 Å². The van der Waals surface area contributed by atoms with E-state index in [9.17, 15) is 4.79 Å². The van der Waals surface area contributed by atoms with E-state index in [1.165, 1.54) is 5.56 Å². The standard InChI is InChI=1S/C18H28N2O/c1-5-11-19-16-10-12-20(18(21)14(4)13(2)3)17-9-7-6-8-15(16)17/h6-9,13-14,16,19H,5,10-12H2,1-4H3. The Morgan fingerprint density at radius 3 is 2.71 bits per heavy atom. The van der Waals surface area contributed by atoms with Crippen LogP contribution in [0.5, 0.6) is 0 Å². The molecule has 0 saturated heterocycles. The van der Waals surface area contributed by atoms with Gasteiger partial charge in [-0.3, -0.25) is 4.79 Å². The quantitative estimate of drug-likeness (QED) is 0.895. The van der Waals surface area contributed by atoms with E-state index in [0.717, 1.165) is 31.6 Å². The van der Waals surface area contributed by atoms with Gasteiger partial charge in [-0.15, -0.1) is 0 Å². The van der Waals surface area contributed by atoms with Crippen molar-refractivity contribution in [2.24, 2.45) is 11.8 Å². The second kappa shape index (κ2) is 7.08. The van der Waals surface area contributed by atoms with Crippen LogP contribution in [0.4, 0.5) is 5.69 Å². The van der Waals surface area contributed by atoms with Crippen LogP contribution in [0.2, 0.25) is 0 Å². The van der Waals surface area contributed by atoms with Gasteiger partial charge >= 0.3 is 0 Å². The largest absolute Gasteiger partial charge is 0.312 e. The number of rotatable bonds is 5. The third kappa shape index (κ3) is 3.46. The van der Waals surface area contributed by atoms with Crippen LogP contribution in [0.3, 0.4) is 0 Å². The van der Waals surface area contributed by atoms with Gasteiger partial charge in [-0.05, 0) is 36.9 Å². The Balaban J connectivity index is 2.25. The number of benzene rings is 1. The summed E-state index contributed by atoms with van der Waals surface area (Å²) in [5, 5.41) is 3.60. The molecule has 1 aliphatic rings. The first kappa shape index (κ1) is 16.0. The molecule has 0 saturated carbocycles. The van der Waals surface area contributed by atoms with E-state index in [2.05, 4.69) is 44.3 Å². The molecular weight excluding hydrogens is 260 g/mol. The number of carbonyl (C=O) groups excluding carboxylic acids is 1. The van der Waals surface area contributed by atoms with Crippen molar-refractivity contribution in [1.29, 1.82) is 0 Å². The molecule has 3 nitrogen and oxygen atoms in total. The number of nitrogens with zero attached hydrogens (tertiary/aromatic N) is 1. The summed E-state index contributed by atoms with van der Waals surface area (Å²) in [6.45, 7) is 10.3. The number of nitrogens with one attached hydrogen (secondary N) is 1. The molecule has 1 heterocycles. The highest BCUT2D eigenvalue weighted by Gasteiger charge is 2.31. The minimum Gasteiger partial charge on any atom is -0.312 e. The number of anilines is 1. The molecule has 0 bridgehead atoms. The van der Waals surface area contributed by atoms with E-state index in [4.69, 9.17) is 0 Å². The van der Waals surface area contributed by atoms with Crippen molar-refractivity contribution in [3.05, 3.63) is 29.8 Å². The summed E-state index contributed by atoms with van der Waals surface area (Å²) in [6, 6.07) is 8.71. The second-order valence-electron chi connectivity index (χ2n) is 6.38. The SMILES string of the molecule is CCCNC1CCN(C(=O)C(C)C(C)C)c2ccccc21. The first-order valence-electron chi connectivity index (χ1n) is 8.20. The average molecular weight is 288 g/mol. The number of carbonyl (C=O) groups is 1. The highest BCUT2D eigenvalue weighted by Crippen LogP contribution is 2.35. The van der Waals surface area contributed by atoms with Crippen LogP contribution in [0.25, 0.3) is 0 Å². The van der Waals surface area contributed by atoms with Gasteiger partial charge < -0.3 is 10.2 Å². The summed E-state index contributed by atoms with van der Waals surface area (Å²) >= 11 is 0. The lowest BCUT2D eigenvalue weighted by atomic mass is 9.92. The predicted molar refractivity (Wildman–Crippen MR) is 88.4 cm³/mol. The Kier molecular flexibility index (Phi) is 5.40. The van der Waals surface area contributed by atoms with Crippen molar-refractivity contribution in [3.63, 3.8) is 0 Å². The zero-order valence-corrected chi connectivity index (χ0v) is 13.7. The molecule has 2 unspecified atom stereocenters. The molecule has 2 rings (SSSR count). The van der Waals surface area contributed by atoms with Crippen molar-refractivity contribution in [3.8, 4) is 0 Å². The number of para-hydroxylation sites is 1. The molecule has 1 amide bonds. The van der Waals surface area contributed by atoms with Gasteiger partial charge in [-0.1, -0.05) is 45.9 Å². The molecule has 116 valence electrons. The van der Waals surface area contributed by atoms with Gasteiger partial charge in [0.1, 0.15) is 0 Å². The maximum absolute atomic E-state index is 12.7. The molecule has 21 heavy (non-hydrogen) atoms. The summed E-state index contributed by atoms with van der Waals surface area (Å²) < 4.78 is 0. The fourth-order valence-electron chi connectivity index (χ4n) is 2.85. The Hall–Kier alpha value is -1.35. The molecule has 1 aliphatic heterocycles. The van der Waals surface area contributed by atoms with E-state index in [0.29, 0.717) is 12.0 Å². The summed E-state index contributed by atoms with van der Waals surface area (Å²) in [5.74, 6) is 0.699. The third-order valence-electron chi connectivity index (χ3n) is 4.54. The summed E-state index contributed by atoms with van der Waals surface area (Å²) in [4.78, 5) is 14.7. The molecule has 1 N–H and O–H groups in total. The number of hydrogen-bond acceptors (Lipinski definition) is 2. The smallest absolute Gasteiger partial charge is 0.230 e. The van der Waals surface area contributed by atoms with Crippen molar-refractivity contribution >= 4 is 11.6 Å². The van der Waals surface area contributed by atoms with E-state index in [-0.39, 0.29) is 11.8 Å². The van der Waals surface area contributed by atoms with Crippen molar-refractivity contribution in [2.75, 3.05) is 18.0 Å². The van der Waals surface area contributed by atoms with Gasteiger partial charge in [0.2, 0.25) is 5.91 Å². The molecule has 0 spiro atoms. The maximum Gasteiger partial charge on any atom is 0.230 e. The van der Waals surface area contributed by atoms with Crippen LogP contribution in [0.15, 0.2) is 24.3 Å². The van der Waals surface area contributed by atoms with Crippen molar-refractivity contribution in [2.45, 2.75) is 46.6 Å². The van der Waals surface area contributed by atoms with E-state index < -0.39 is 0 Å². The lowest BCUT2D eigenvalue weighted by Crippen LogP contribution is -2.43. The third-order valence-corrected chi connectivity index (χ3v) is 4.54. The Labute approximate surface area is 128 Å². The van der Waals surface area contributed by atoms with E-state index >= 15 is 0 Å². The first-order valence-corrected chi connectivity index (χ1v) is 8.20. The summed E-state index contributed by atoms with van der Waals surface area (Å²) in [5.41, 5.74) is 2.36. The van der Waals surface area contributed by atoms with Gasteiger partial charge in [-0.25, -0.2) is 0 Å². The highest BCUT2D eigenvalue weighted by molar-refractivity contribution is 5.96. The number of fused-ring (bicyclic) bond motifs is 1. The Morgan fingerprint density at radius 2 is 2.05 bits per heavy atom. The minimum atomic E-state index is 0.0678. The van der Waals surface area contributed by atoms with Gasteiger partial charge in [0.05, 0.1) is 0 Å². The Bertz CT molecular complexity index is 484. The zero-order valence-electron chi connectivity index (χ0n) is 13.7. The van der Waals surface area contributed by atoms with Gasteiger partial charge in [-0.2, -0.15) is 0 Å². The Morgan fingerprint density at radius 1 is 1.33 bits per heavy atom. The topological polar surface area (TPSA) is 32.3 Å². The summed E-state index contributed by atoms with van der Waals surface area (Å²) in [7, 11) is 0. The second-order valence-corrected chi connectivity index (χ2v) is 6.38. The molecule has 0 aliphatic carbocycles. The fraction of sp³-hybridized carbons (Fsp3) is 0.611. The van der Waals surface area contributed by atoms with Crippen molar-refractivity contribution in [1.82, 2.24) is 5.32 Å². The minimum absolute atomic E-state index is 0.0678. The zero-order chi connectivity index (χ0) is 15.4. The predicted octanol–water partition coefficient (Wildman–Crippen LogP) is 3.76. The van der Waals surface area contributed by atoms with Crippen LogP contribution in [0.1, 0.15) is 52.1 Å². The monoisotopic (exact) mass is 288 g/mol. The lowest BCUT2D eigenvalue weighted by Gasteiger charge is -2.36. The van der Waals surface area contributed by atoms with Crippen LogP contribution in [0, 0.1) is 11.8 Å². The fourth-order valence-corrected chi connectivity index (χ4v) is 2.85. The number of amides is 1. The molecule has 0 fully saturated rings. The molecule has 0 radical (unpaired) electrons. The highest BCUT2D eigenvalue weighted by atomic mass is 16.2.